The zero-order chi connectivity index (χ0) is 17.5. The first-order valence-electron chi connectivity index (χ1n) is 7.79. The van der Waals surface area contributed by atoms with E-state index in [0.717, 1.165) is 32.8 Å². The number of hydrogen-bond donors (Lipinski definition) is 2. The van der Waals surface area contributed by atoms with Crippen molar-refractivity contribution in [1.82, 2.24) is 15.8 Å². The molecule has 0 amide bonds. The molecule has 1 aliphatic heterocycles. The van der Waals surface area contributed by atoms with Crippen molar-refractivity contribution in [2.24, 2.45) is 9.98 Å². The van der Waals surface area contributed by atoms with Crippen molar-refractivity contribution < 1.29 is 0 Å². The summed E-state index contributed by atoms with van der Waals surface area (Å²) in [6.45, 7) is 0.558. The molecule has 0 bridgehead atoms. The van der Waals surface area contributed by atoms with E-state index >= 15 is 0 Å². The van der Waals surface area contributed by atoms with Crippen LogP contribution >= 0.6 is 23.4 Å². The molecule has 128 valence electrons. The molecule has 2 heterocycles. The number of halogens is 1. The third-order valence-corrected chi connectivity index (χ3v) is 4.97. The molecule has 0 fully saturated rings. The van der Waals surface area contributed by atoms with Crippen molar-refractivity contribution in [2.75, 3.05) is 13.7 Å². The Kier molecular flexibility index (Phi) is 6.22. The average molecular weight is 372 g/mol. The van der Waals surface area contributed by atoms with Crippen molar-refractivity contribution in [3.8, 4) is 0 Å². The van der Waals surface area contributed by atoms with Crippen molar-refractivity contribution >= 4 is 34.2 Å². The Balaban J connectivity index is 1.82. The number of aromatic nitrogens is 1. The Morgan fingerprint density at radius 1 is 1.24 bits per heavy atom. The molecule has 2 N–H and O–H groups in total. The molecule has 0 radical (unpaired) electrons. The molecule has 1 aromatic heterocycles. The van der Waals surface area contributed by atoms with Crippen LogP contribution in [0.25, 0.3) is 0 Å². The predicted octanol–water partition coefficient (Wildman–Crippen LogP) is 3.44. The molecule has 0 atom stereocenters. The van der Waals surface area contributed by atoms with E-state index in [1.165, 1.54) is 5.56 Å². The van der Waals surface area contributed by atoms with E-state index in [0.29, 0.717) is 6.67 Å². The lowest BCUT2D eigenvalue weighted by Gasteiger charge is -2.10. The van der Waals surface area contributed by atoms with E-state index in [1.807, 2.05) is 36.4 Å². The highest BCUT2D eigenvalue weighted by Gasteiger charge is 2.15. The van der Waals surface area contributed by atoms with Crippen LogP contribution in [-0.4, -0.2) is 29.6 Å². The Morgan fingerprint density at radius 3 is 2.64 bits per heavy atom. The fraction of sp³-hybridized carbons (Fsp3) is 0.167. The number of nitrogens with one attached hydrogen (secondary N) is 2. The van der Waals surface area contributed by atoms with Crippen molar-refractivity contribution in [1.29, 1.82) is 0 Å². The molecule has 0 saturated heterocycles. The third-order valence-electron chi connectivity index (χ3n) is 3.53. The van der Waals surface area contributed by atoms with E-state index in [-0.39, 0.29) is 0 Å². The Labute approximate surface area is 156 Å². The zero-order valence-corrected chi connectivity index (χ0v) is 15.3. The summed E-state index contributed by atoms with van der Waals surface area (Å²) in [5.74, 6) is 0.828. The molecule has 7 heteroatoms. The van der Waals surface area contributed by atoms with E-state index in [2.05, 4.69) is 31.9 Å². The maximum atomic E-state index is 5.96. The minimum Gasteiger partial charge on any atom is -0.303 e. The van der Waals surface area contributed by atoms with Gasteiger partial charge in [0.05, 0.1) is 4.91 Å². The molecular formula is C18H18ClN5S. The Morgan fingerprint density at radius 2 is 2.00 bits per heavy atom. The van der Waals surface area contributed by atoms with Crippen molar-refractivity contribution in [2.45, 2.75) is 6.42 Å². The van der Waals surface area contributed by atoms with E-state index in [1.54, 1.807) is 31.2 Å². The number of nitrogens with zero attached hydrogens (tertiary/aromatic N) is 3. The highest BCUT2D eigenvalue weighted by molar-refractivity contribution is 8.18. The molecule has 25 heavy (non-hydrogen) atoms. The number of aliphatic imine (C=N–C) groups is 2. The second-order valence-corrected chi connectivity index (χ2v) is 6.70. The van der Waals surface area contributed by atoms with Crippen LogP contribution in [0.1, 0.15) is 11.1 Å². The first-order valence-corrected chi connectivity index (χ1v) is 8.99. The van der Waals surface area contributed by atoms with Crippen LogP contribution < -0.4 is 10.9 Å². The number of benzene rings is 1. The molecule has 5 nitrogen and oxygen atoms in total. The summed E-state index contributed by atoms with van der Waals surface area (Å²) >= 11 is 7.54. The van der Waals surface area contributed by atoms with Crippen LogP contribution in [0.15, 0.2) is 69.8 Å². The topological polar surface area (TPSA) is 61.7 Å². The number of hydrogen-bond acceptors (Lipinski definition) is 6. The lowest BCUT2D eigenvalue weighted by Crippen LogP contribution is -2.30. The van der Waals surface area contributed by atoms with Gasteiger partial charge in [0.25, 0.3) is 0 Å². The second kappa shape index (κ2) is 8.80. The van der Waals surface area contributed by atoms with Gasteiger partial charge in [-0.2, -0.15) is 0 Å². The highest BCUT2D eigenvalue weighted by atomic mass is 35.5. The minimum atomic E-state index is 0.558. The van der Waals surface area contributed by atoms with Gasteiger partial charge in [-0.15, -0.1) is 0 Å². The third kappa shape index (κ3) is 4.92. The van der Waals surface area contributed by atoms with Gasteiger partial charge in [-0.25, -0.2) is 10.4 Å². The van der Waals surface area contributed by atoms with E-state index < -0.39 is 0 Å². The predicted molar refractivity (Wildman–Crippen MR) is 106 cm³/mol. The normalized spacial score (nSPS) is 15.0. The SMILES string of the molecule is CN=C(S/C(=C/Cc1ccc(Cl)cc1)C1=NCNN1)c1ccncc1. The van der Waals surface area contributed by atoms with Crippen LogP contribution in [0.2, 0.25) is 5.02 Å². The van der Waals surface area contributed by atoms with Crippen molar-refractivity contribution in [3.63, 3.8) is 0 Å². The van der Waals surface area contributed by atoms with Crippen molar-refractivity contribution in [3.05, 3.63) is 75.9 Å². The monoisotopic (exact) mass is 371 g/mol. The van der Waals surface area contributed by atoms with Gasteiger partial charge in [0, 0.05) is 30.0 Å². The number of rotatable bonds is 5. The summed E-state index contributed by atoms with van der Waals surface area (Å²) < 4.78 is 0. The fourth-order valence-electron chi connectivity index (χ4n) is 2.27. The number of amidine groups is 1. The number of pyridine rings is 1. The number of allylic oxidation sites excluding steroid dienone is 1. The molecule has 0 unspecified atom stereocenters. The summed E-state index contributed by atoms with van der Waals surface area (Å²) in [5.41, 5.74) is 8.34. The summed E-state index contributed by atoms with van der Waals surface area (Å²) in [6.07, 6.45) is 6.47. The van der Waals surface area contributed by atoms with Gasteiger partial charge in [-0.1, -0.05) is 41.6 Å². The van der Waals surface area contributed by atoms with Gasteiger partial charge in [0.1, 0.15) is 11.7 Å². The molecule has 0 spiro atoms. The summed E-state index contributed by atoms with van der Waals surface area (Å²) in [5, 5.41) is 1.66. The summed E-state index contributed by atoms with van der Waals surface area (Å²) in [4.78, 5) is 14.0. The van der Waals surface area contributed by atoms with Crippen LogP contribution in [-0.2, 0) is 6.42 Å². The lowest BCUT2D eigenvalue weighted by molar-refractivity contribution is 0.728. The van der Waals surface area contributed by atoms with E-state index in [9.17, 15) is 0 Å². The summed E-state index contributed by atoms with van der Waals surface area (Å²) in [7, 11) is 1.79. The number of hydrazine groups is 1. The largest absolute Gasteiger partial charge is 0.303 e. The number of thioether (sulfide) groups is 1. The molecule has 3 rings (SSSR count). The molecular weight excluding hydrogens is 354 g/mol. The Bertz CT molecular complexity index is 800. The van der Waals surface area contributed by atoms with Gasteiger partial charge in [0.2, 0.25) is 0 Å². The van der Waals surface area contributed by atoms with Gasteiger partial charge < -0.3 is 5.43 Å². The lowest BCUT2D eigenvalue weighted by atomic mass is 10.1. The smallest absolute Gasteiger partial charge is 0.150 e. The van der Waals surface area contributed by atoms with Gasteiger partial charge in [0.15, 0.2) is 5.84 Å². The zero-order valence-electron chi connectivity index (χ0n) is 13.7. The van der Waals surface area contributed by atoms with Crippen LogP contribution in [0.3, 0.4) is 0 Å². The first kappa shape index (κ1) is 17.7. The van der Waals surface area contributed by atoms with Crippen LogP contribution in [0.4, 0.5) is 0 Å². The molecule has 0 saturated carbocycles. The van der Waals surface area contributed by atoms with E-state index in [4.69, 9.17) is 11.6 Å². The minimum absolute atomic E-state index is 0.558. The van der Waals surface area contributed by atoms with Gasteiger partial charge in [-0.3, -0.25) is 9.98 Å². The molecule has 1 aliphatic rings. The van der Waals surface area contributed by atoms with Crippen LogP contribution in [0.5, 0.6) is 0 Å². The van der Waals surface area contributed by atoms with Crippen LogP contribution in [0, 0.1) is 0 Å². The second-order valence-electron chi connectivity index (χ2n) is 5.23. The van der Waals surface area contributed by atoms with Gasteiger partial charge >= 0.3 is 0 Å². The molecule has 1 aromatic carbocycles. The first-order chi connectivity index (χ1) is 12.3. The highest BCUT2D eigenvalue weighted by Crippen LogP contribution is 2.24. The molecule has 2 aromatic rings. The fourth-order valence-corrected chi connectivity index (χ4v) is 3.33. The maximum Gasteiger partial charge on any atom is 0.150 e. The summed E-state index contributed by atoms with van der Waals surface area (Å²) in [6, 6.07) is 11.8. The van der Waals surface area contributed by atoms with Gasteiger partial charge in [-0.05, 0) is 36.2 Å². The standard InChI is InChI=1S/C18H18ClN5S/c1-20-18(14-8-10-21-11-9-14)25-16(17-22-12-23-24-17)7-4-13-2-5-15(19)6-3-13/h2-3,5-11,23H,4,12H2,1H3,(H,22,24)/b16-7+,20-18?. The average Bonchev–Trinajstić information content (AvgIpc) is 3.19. The maximum absolute atomic E-state index is 5.96. The quantitative estimate of drug-likeness (QED) is 0.624. The Hall–Kier alpha value is -2.15. The molecule has 0 aliphatic carbocycles.